The molecule has 7 heteroatoms. The molecule has 0 spiro atoms. The number of nitrogens with one attached hydrogen (secondary N) is 2. The van der Waals surface area contributed by atoms with Crippen LogP contribution in [0.5, 0.6) is 11.5 Å². The van der Waals surface area contributed by atoms with Crippen LogP contribution >= 0.6 is 0 Å². The number of hydrogen-bond acceptors (Lipinski definition) is 7. The molecular weight excluding hydrogens is 354 g/mol. The smallest absolute Gasteiger partial charge is 0.244 e. The summed E-state index contributed by atoms with van der Waals surface area (Å²) in [5.41, 5.74) is 2.37. The van der Waals surface area contributed by atoms with Crippen molar-refractivity contribution >= 4 is 11.8 Å². The average molecular weight is 379 g/mol. The van der Waals surface area contributed by atoms with Crippen LogP contribution in [0, 0.1) is 0 Å². The molecule has 0 aliphatic rings. The zero-order chi connectivity index (χ0) is 19.6. The molecule has 1 aromatic heterocycles. The van der Waals surface area contributed by atoms with Crippen LogP contribution in [0.15, 0.2) is 54.7 Å². The van der Waals surface area contributed by atoms with Crippen molar-refractivity contribution in [1.29, 1.82) is 0 Å². The predicted octanol–water partition coefficient (Wildman–Crippen LogP) is 3.20. The zero-order valence-corrected chi connectivity index (χ0v) is 16.2. The standard InChI is InChI=1S/C21H25N5O2/c1-27-18-9-7-16(8-10-18)11-13-22-20-15-24-26-21(25-20)23-14-12-17-5-3-4-6-19(17)28-2/h3-10,15H,11-14H2,1-2H3,(H2,22,23,25,26). The average Bonchev–Trinajstić information content (AvgIpc) is 2.75. The fourth-order valence-electron chi connectivity index (χ4n) is 2.81. The Bertz CT molecular complexity index is 871. The first kappa shape index (κ1) is 19.4. The lowest BCUT2D eigenvalue weighted by Crippen LogP contribution is -2.12. The molecule has 3 rings (SSSR count). The number of anilines is 2. The van der Waals surface area contributed by atoms with Gasteiger partial charge >= 0.3 is 0 Å². The molecule has 0 bridgehead atoms. The largest absolute Gasteiger partial charge is 0.497 e. The van der Waals surface area contributed by atoms with Gasteiger partial charge in [-0.25, -0.2) is 0 Å². The van der Waals surface area contributed by atoms with Crippen molar-refractivity contribution in [3.63, 3.8) is 0 Å². The maximum atomic E-state index is 5.37. The van der Waals surface area contributed by atoms with Crippen molar-refractivity contribution in [1.82, 2.24) is 15.2 Å². The van der Waals surface area contributed by atoms with E-state index >= 15 is 0 Å². The van der Waals surface area contributed by atoms with E-state index in [9.17, 15) is 0 Å². The highest BCUT2D eigenvalue weighted by Crippen LogP contribution is 2.17. The fourth-order valence-corrected chi connectivity index (χ4v) is 2.81. The summed E-state index contributed by atoms with van der Waals surface area (Å²) in [4.78, 5) is 4.46. The zero-order valence-electron chi connectivity index (χ0n) is 16.2. The molecule has 3 aromatic rings. The SMILES string of the molecule is COc1ccc(CCNc2cnnc(NCCc3ccccc3OC)n2)cc1. The van der Waals surface area contributed by atoms with Crippen LogP contribution in [0.2, 0.25) is 0 Å². The van der Waals surface area contributed by atoms with E-state index in [1.165, 1.54) is 5.56 Å². The Hall–Kier alpha value is -3.35. The topological polar surface area (TPSA) is 81.2 Å². The van der Waals surface area contributed by atoms with E-state index in [1.54, 1.807) is 20.4 Å². The molecular formula is C21H25N5O2. The van der Waals surface area contributed by atoms with Crippen molar-refractivity contribution in [3.8, 4) is 11.5 Å². The van der Waals surface area contributed by atoms with Gasteiger partial charge < -0.3 is 20.1 Å². The minimum atomic E-state index is 0.504. The van der Waals surface area contributed by atoms with Crippen molar-refractivity contribution in [3.05, 3.63) is 65.9 Å². The number of rotatable bonds is 10. The molecule has 0 saturated heterocycles. The molecule has 146 valence electrons. The summed E-state index contributed by atoms with van der Waals surface area (Å²) in [5.74, 6) is 2.95. The van der Waals surface area contributed by atoms with Gasteiger partial charge in [0.1, 0.15) is 11.5 Å². The van der Waals surface area contributed by atoms with Crippen LogP contribution in [0.25, 0.3) is 0 Å². The van der Waals surface area contributed by atoms with Crippen molar-refractivity contribution < 1.29 is 9.47 Å². The number of para-hydroxylation sites is 1. The maximum Gasteiger partial charge on any atom is 0.244 e. The van der Waals surface area contributed by atoms with E-state index in [1.807, 2.05) is 30.3 Å². The summed E-state index contributed by atoms with van der Waals surface area (Å²) >= 11 is 0. The third-order valence-corrected chi connectivity index (χ3v) is 4.31. The molecule has 2 aromatic carbocycles. The Morgan fingerprint density at radius 1 is 0.857 bits per heavy atom. The van der Waals surface area contributed by atoms with Gasteiger partial charge in [0.15, 0.2) is 5.82 Å². The van der Waals surface area contributed by atoms with E-state index in [-0.39, 0.29) is 0 Å². The number of nitrogens with zero attached hydrogens (tertiary/aromatic N) is 3. The van der Waals surface area contributed by atoms with Crippen molar-refractivity contribution in [2.24, 2.45) is 0 Å². The molecule has 0 atom stereocenters. The summed E-state index contributed by atoms with van der Waals surface area (Å²) < 4.78 is 10.5. The Kier molecular flexibility index (Phi) is 7.01. The van der Waals surface area contributed by atoms with E-state index in [0.29, 0.717) is 18.3 Å². The minimum Gasteiger partial charge on any atom is -0.497 e. The van der Waals surface area contributed by atoms with E-state index < -0.39 is 0 Å². The molecule has 0 unspecified atom stereocenters. The molecule has 0 aliphatic heterocycles. The quantitative estimate of drug-likeness (QED) is 0.560. The molecule has 0 radical (unpaired) electrons. The minimum absolute atomic E-state index is 0.504. The molecule has 28 heavy (non-hydrogen) atoms. The van der Waals surface area contributed by atoms with Gasteiger partial charge in [-0.1, -0.05) is 30.3 Å². The first-order valence-corrected chi connectivity index (χ1v) is 9.21. The van der Waals surface area contributed by atoms with Crippen LogP contribution in [0.4, 0.5) is 11.8 Å². The number of benzene rings is 2. The first-order chi connectivity index (χ1) is 13.8. The second kappa shape index (κ2) is 10.1. The number of methoxy groups -OCH3 is 2. The van der Waals surface area contributed by atoms with Gasteiger partial charge in [-0.2, -0.15) is 10.1 Å². The van der Waals surface area contributed by atoms with Gasteiger partial charge in [0.25, 0.3) is 0 Å². The van der Waals surface area contributed by atoms with Crippen LogP contribution in [0.1, 0.15) is 11.1 Å². The number of aromatic nitrogens is 3. The fraction of sp³-hybridized carbons (Fsp3) is 0.286. The van der Waals surface area contributed by atoms with Gasteiger partial charge in [0.2, 0.25) is 5.95 Å². The van der Waals surface area contributed by atoms with Gasteiger partial charge in [-0.15, -0.1) is 5.10 Å². The number of ether oxygens (including phenoxy) is 2. The number of hydrogen-bond donors (Lipinski definition) is 2. The molecule has 0 fully saturated rings. The highest BCUT2D eigenvalue weighted by molar-refractivity contribution is 5.38. The normalized spacial score (nSPS) is 10.4. The van der Waals surface area contributed by atoms with Crippen LogP contribution in [0.3, 0.4) is 0 Å². The Labute approximate surface area is 165 Å². The van der Waals surface area contributed by atoms with Gasteiger partial charge in [0.05, 0.1) is 20.4 Å². The summed E-state index contributed by atoms with van der Waals surface area (Å²) in [7, 11) is 3.35. The van der Waals surface area contributed by atoms with Gasteiger partial charge in [0, 0.05) is 13.1 Å². The summed E-state index contributed by atoms with van der Waals surface area (Å²) in [6.45, 7) is 1.45. The van der Waals surface area contributed by atoms with E-state index in [0.717, 1.165) is 36.4 Å². The second-order valence-corrected chi connectivity index (χ2v) is 6.18. The summed E-state index contributed by atoms with van der Waals surface area (Å²) in [6.07, 6.45) is 3.31. The molecule has 2 N–H and O–H groups in total. The van der Waals surface area contributed by atoms with Crippen LogP contribution in [-0.4, -0.2) is 42.5 Å². The Morgan fingerprint density at radius 3 is 2.43 bits per heavy atom. The van der Waals surface area contributed by atoms with E-state index in [4.69, 9.17) is 9.47 Å². The third-order valence-electron chi connectivity index (χ3n) is 4.31. The van der Waals surface area contributed by atoms with Crippen molar-refractivity contribution in [2.45, 2.75) is 12.8 Å². The highest BCUT2D eigenvalue weighted by atomic mass is 16.5. The Balaban J connectivity index is 1.46. The second-order valence-electron chi connectivity index (χ2n) is 6.18. The third kappa shape index (κ3) is 5.57. The first-order valence-electron chi connectivity index (χ1n) is 9.21. The van der Waals surface area contributed by atoms with Gasteiger partial charge in [-0.05, 0) is 42.2 Å². The molecule has 1 heterocycles. The predicted molar refractivity (Wildman–Crippen MR) is 110 cm³/mol. The van der Waals surface area contributed by atoms with Gasteiger partial charge in [-0.3, -0.25) is 0 Å². The monoisotopic (exact) mass is 379 g/mol. The summed E-state index contributed by atoms with van der Waals surface area (Å²) in [5, 5.41) is 14.5. The van der Waals surface area contributed by atoms with Crippen LogP contribution in [-0.2, 0) is 12.8 Å². The van der Waals surface area contributed by atoms with E-state index in [2.05, 4.69) is 44.0 Å². The lowest BCUT2D eigenvalue weighted by Gasteiger charge is -2.10. The lowest BCUT2D eigenvalue weighted by atomic mass is 10.1. The molecule has 0 amide bonds. The van der Waals surface area contributed by atoms with Crippen LogP contribution < -0.4 is 20.1 Å². The molecule has 0 saturated carbocycles. The molecule has 0 aliphatic carbocycles. The highest BCUT2D eigenvalue weighted by Gasteiger charge is 2.04. The molecule has 7 nitrogen and oxygen atoms in total. The summed E-state index contributed by atoms with van der Waals surface area (Å²) in [6, 6.07) is 16.0. The maximum absolute atomic E-state index is 5.37. The lowest BCUT2D eigenvalue weighted by molar-refractivity contribution is 0.410. The van der Waals surface area contributed by atoms with Crippen molar-refractivity contribution in [2.75, 3.05) is 37.9 Å². The Morgan fingerprint density at radius 2 is 1.64 bits per heavy atom.